The Kier molecular flexibility index (Phi) is 8.69. The van der Waals surface area contributed by atoms with Crippen molar-refractivity contribution in [1.29, 1.82) is 0 Å². The Labute approximate surface area is 201 Å². The molecule has 3 aromatic carbocycles. The van der Waals surface area contributed by atoms with Crippen LogP contribution in [-0.2, 0) is 6.18 Å². The molecule has 0 atom stereocenters. The van der Waals surface area contributed by atoms with Crippen molar-refractivity contribution in [3.8, 4) is 0 Å². The topological polar surface area (TPSA) is 159 Å². The first kappa shape index (κ1) is 27.3. The van der Waals surface area contributed by atoms with Crippen LogP contribution in [0.1, 0.15) is 31.8 Å². The number of nitro groups is 1. The van der Waals surface area contributed by atoms with Crippen LogP contribution in [0.4, 0.5) is 35.0 Å². The molecule has 0 aliphatic carbocycles. The third-order valence-corrected chi connectivity index (χ3v) is 4.57. The predicted octanol–water partition coefficient (Wildman–Crippen LogP) is 5.65. The van der Waals surface area contributed by atoms with Crippen LogP contribution in [0, 0.1) is 17.0 Å². The molecule has 0 unspecified atom stereocenters. The van der Waals surface area contributed by atoms with E-state index in [1.54, 1.807) is 0 Å². The van der Waals surface area contributed by atoms with Gasteiger partial charge in [0, 0.05) is 23.0 Å². The number of carbonyl (C=O) groups is 3. The van der Waals surface area contributed by atoms with Gasteiger partial charge in [-0.25, -0.2) is 14.4 Å². The summed E-state index contributed by atoms with van der Waals surface area (Å²) in [6, 6.07) is 12.8. The Bertz CT molecular complexity index is 1260. The quantitative estimate of drug-likeness (QED) is 0.258. The predicted molar refractivity (Wildman–Crippen MR) is 122 cm³/mol. The number of nitrogens with one attached hydrogen (secondary N) is 2. The SMILES string of the molecule is Cc1c(C(=O)O)cccc1[N+](=O)[O-].O=C(Nc1ccc(C(=O)O)cc1)Nc1cccc(C(F)(F)F)c1. The maximum atomic E-state index is 12.6. The van der Waals surface area contributed by atoms with Crippen LogP contribution in [0.2, 0.25) is 0 Å². The van der Waals surface area contributed by atoms with Gasteiger partial charge in [0.05, 0.1) is 21.6 Å². The van der Waals surface area contributed by atoms with Crippen LogP contribution >= 0.6 is 0 Å². The minimum Gasteiger partial charge on any atom is -0.478 e. The average molecular weight is 505 g/mol. The summed E-state index contributed by atoms with van der Waals surface area (Å²) in [5.41, 5.74) is -0.553. The molecule has 0 aromatic heterocycles. The normalized spacial score (nSPS) is 10.4. The molecule has 2 amide bonds. The third kappa shape index (κ3) is 7.55. The van der Waals surface area contributed by atoms with Crippen LogP contribution in [0.3, 0.4) is 0 Å². The van der Waals surface area contributed by atoms with Crippen LogP contribution < -0.4 is 10.6 Å². The number of rotatable bonds is 5. The fourth-order valence-corrected chi connectivity index (χ4v) is 2.82. The van der Waals surface area contributed by atoms with Crippen molar-refractivity contribution in [2.75, 3.05) is 10.6 Å². The standard InChI is InChI=1S/C15H11F3N2O3.C8H7NO4/c16-15(17,18)10-2-1-3-12(8-10)20-14(23)19-11-6-4-9(5-7-11)13(21)22;1-5-6(8(10)11)3-2-4-7(5)9(12)13/h1-8H,(H,21,22)(H2,19,20,23);2-4H,1H3,(H,10,11). The third-order valence-electron chi connectivity index (χ3n) is 4.57. The molecule has 0 radical (unpaired) electrons. The summed E-state index contributed by atoms with van der Waals surface area (Å²) in [6.07, 6.45) is -4.50. The van der Waals surface area contributed by atoms with Crippen molar-refractivity contribution in [3.05, 3.63) is 99.1 Å². The summed E-state index contributed by atoms with van der Waals surface area (Å²) in [4.78, 5) is 42.8. The first-order valence-electron chi connectivity index (χ1n) is 9.85. The number of carboxylic acid groups (broad SMARTS) is 2. The van der Waals surface area contributed by atoms with Crippen molar-refractivity contribution >= 4 is 35.0 Å². The highest BCUT2D eigenvalue weighted by Gasteiger charge is 2.30. The van der Waals surface area contributed by atoms with Crippen LogP contribution in [0.15, 0.2) is 66.7 Å². The number of amides is 2. The lowest BCUT2D eigenvalue weighted by Gasteiger charge is -2.11. The first-order valence-corrected chi connectivity index (χ1v) is 9.85. The molecule has 0 aliphatic heterocycles. The first-order chi connectivity index (χ1) is 16.8. The van der Waals surface area contributed by atoms with Crippen molar-refractivity contribution in [3.63, 3.8) is 0 Å². The van der Waals surface area contributed by atoms with Gasteiger partial charge in [-0.05, 0) is 55.5 Å². The minimum atomic E-state index is -4.50. The van der Waals surface area contributed by atoms with E-state index in [0.717, 1.165) is 12.1 Å². The Morgan fingerprint density at radius 3 is 1.97 bits per heavy atom. The number of nitro benzene ring substituents is 1. The number of aromatic carboxylic acids is 2. The van der Waals surface area contributed by atoms with Crippen molar-refractivity contribution < 1.29 is 42.7 Å². The number of nitrogens with zero attached hydrogens (tertiary/aromatic N) is 1. The van der Waals surface area contributed by atoms with Crippen LogP contribution in [-0.4, -0.2) is 33.1 Å². The number of halogens is 3. The summed E-state index contributed by atoms with van der Waals surface area (Å²) in [6.45, 7) is 1.42. The van der Waals surface area contributed by atoms with Gasteiger partial charge in [-0.15, -0.1) is 0 Å². The maximum absolute atomic E-state index is 12.6. The molecule has 10 nitrogen and oxygen atoms in total. The largest absolute Gasteiger partial charge is 0.478 e. The monoisotopic (exact) mass is 505 g/mol. The fraction of sp³-hybridized carbons (Fsp3) is 0.0870. The smallest absolute Gasteiger partial charge is 0.416 e. The molecule has 0 heterocycles. The molecular formula is C23H18F3N3O7. The second kappa shape index (κ2) is 11.5. The zero-order valence-electron chi connectivity index (χ0n) is 18.4. The van der Waals surface area contributed by atoms with Crippen molar-refractivity contribution in [2.24, 2.45) is 0 Å². The van der Waals surface area contributed by atoms with Crippen LogP contribution in [0.25, 0.3) is 0 Å². The zero-order valence-corrected chi connectivity index (χ0v) is 18.4. The number of urea groups is 1. The Balaban J connectivity index is 0.000000297. The highest BCUT2D eigenvalue weighted by molar-refractivity contribution is 6.00. The van der Waals surface area contributed by atoms with Gasteiger partial charge in [-0.1, -0.05) is 12.1 Å². The molecule has 4 N–H and O–H groups in total. The van der Waals surface area contributed by atoms with E-state index >= 15 is 0 Å². The van der Waals surface area contributed by atoms with Crippen molar-refractivity contribution in [1.82, 2.24) is 0 Å². The molecule has 0 spiro atoms. The van der Waals surface area contributed by atoms with Crippen LogP contribution in [0.5, 0.6) is 0 Å². The summed E-state index contributed by atoms with van der Waals surface area (Å²) in [5, 5.41) is 32.5. The summed E-state index contributed by atoms with van der Waals surface area (Å²) >= 11 is 0. The number of benzene rings is 3. The van der Waals surface area contributed by atoms with E-state index in [9.17, 15) is 37.7 Å². The second-order valence-corrected chi connectivity index (χ2v) is 7.05. The fourth-order valence-electron chi connectivity index (χ4n) is 2.82. The Morgan fingerprint density at radius 1 is 0.861 bits per heavy atom. The lowest BCUT2D eigenvalue weighted by Crippen LogP contribution is -2.19. The van der Waals surface area contributed by atoms with E-state index in [4.69, 9.17) is 10.2 Å². The number of carbonyl (C=O) groups excluding carboxylic acids is 1. The summed E-state index contributed by atoms with van der Waals surface area (Å²) in [5.74, 6) is -2.26. The molecule has 0 bridgehead atoms. The number of carboxylic acids is 2. The molecular weight excluding hydrogens is 487 g/mol. The average Bonchev–Trinajstić information content (AvgIpc) is 2.79. The zero-order chi connectivity index (χ0) is 27.0. The van der Waals surface area contributed by atoms with E-state index in [1.807, 2.05) is 0 Å². The van der Waals surface area contributed by atoms with Crippen molar-refractivity contribution in [2.45, 2.75) is 13.1 Å². The highest BCUT2D eigenvalue weighted by Crippen LogP contribution is 2.30. The number of hydrogen-bond acceptors (Lipinski definition) is 5. The summed E-state index contributed by atoms with van der Waals surface area (Å²) in [7, 11) is 0. The highest BCUT2D eigenvalue weighted by atomic mass is 19.4. The molecule has 0 saturated carbocycles. The van der Waals surface area contributed by atoms with Gasteiger partial charge >= 0.3 is 24.1 Å². The van der Waals surface area contributed by atoms with Gasteiger partial charge in [-0.2, -0.15) is 13.2 Å². The van der Waals surface area contributed by atoms with E-state index < -0.39 is 34.6 Å². The van der Waals surface area contributed by atoms with Gasteiger partial charge in [0.2, 0.25) is 0 Å². The molecule has 13 heteroatoms. The van der Waals surface area contributed by atoms with E-state index in [1.165, 1.54) is 61.5 Å². The van der Waals surface area contributed by atoms with Gasteiger partial charge in [-0.3, -0.25) is 10.1 Å². The second-order valence-electron chi connectivity index (χ2n) is 7.05. The lowest BCUT2D eigenvalue weighted by atomic mass is 10.1. The Hall–Kier alpha value is -4.94. The van der Waals surface area contributed by atoms with Gasteiger partial charge in [0.15, 0.2) is 0 Å². The number of hydrogen-bond donors (Lipinski definition) is 4. The maximum Gasteiger partial charge on any atom is 0.416 e. The van der Waals surface area contributed by atoms with Gasteiger partial charge < -0.3 is 20.8 Å². The molecule has 188 valence electrons. The summed E-state index contributed by atoms with van der Waals surface area (Å²) < 4.78 is 37.7. The molecule has 3 aromatic rings. The molecule has 36 heavy (non-hydrogen) atoms. The van der Waals surface area contributed by atoms with Gasteiger partial charge in [0.1, 0.15) is 0 Å². The Morgan fingerprint density at radius 2 is 1.44 bits per heavy atom. The molecule has 3 rings (SSSR count). The minimum absolute atomic E-state index is 0.0144. The van der Waals surface area contributed by atoms with E-state index in [-0.39, 0.29) is 28.1 Å². The van der Waals surface area contributed by atoms with E-state index in [0.29, 0.717) is 5.69 Å². The van der Waals surface area contributed by atoms with Gasteiger partial charge in [0.25, 0.3) is 5.69 Å². The molecule has 0 fully saturated rings. The number of anilines is 2. The number of alkyl halides is 3. The molecule has 0 aliphatic rings. The lowest BCUT2D eigenvalue weighted by molar-refractivity contribution is -0.385. The molecule has 0 saturated heterocycles. The van der Waals surface area contributed by atoms with E-state index in [2.05, 4.69) is 10.6 Å².